The van der Waals surface area contributed by atoms with Crippen LogP contribution >= 0.6 is 15.9 Å². The molecule has 0 aliphatic carbocycles. The molecule has 0 spiro atoms. The first-order chi connectivity index (χ1) is 9.99. The van der Waals surface area contributed by atoms with Gasteiger partial charge in [0.15, 0.2) is 0 Å². The summed E-state index contributed by atoms with van der Waals surface area (Å²) in [7, 11) is 0. The zero-order valence-corrected chi connectivity index (χ0v) is 12.4. The molecule has 6 nitrogen and oxygen atoms in total. The van der Waals surface area contributed by atoms with E-state index in [-0.39, 0.29) is 11.6 Å². The zero-order chi connectivity index (χ0) is 15.4. The van der Waals surface area contributed by atoms with Gasteiger partial charge in [-0.15, -0.1) is 0 Å². The van der Waals surface area contributed by atoms with Crippen LogP contribution in [-0.2, 0) is 4.79 Å². The molecule has 7 heteroatoms. The van der Waals surface area contributed by atoms with E-state index >= 15 is 0 Å². The first kappa shape index (κ1) is 15.1. The standard InChI is InChI=1S/C14H12BrN3O3/c15-11-8-10(6-7-12(11)18(20)21)17-14(19)13(16)9-4-2-1-3-5-9/h1-8,13H,16H2,(H,17,19)/t13-/m0/s1. The van der Waals surface area contributed by atoms with Crippen LogP contribution in [0.5, 0.6) is 0 Å². The molecule has 21 heavy (non-hydrogen) atoms. The molecule has 0 unspecified atom stereocenters. The summed E-state index contributed by atoms with van der Waals surface area (Å²) in [5.41, 5.74) is 6.93. The molecule has 1 atom stereocenters. The molecule has 0 fully saturated rings. The molecule has 0 heterocycles. The smallest absolute Gasteiger partial charge is 0.283 e. The number of nitro benzene ring substituents is 1. The first-order valence-electron chi connectivity index (χ1n) is 6.04. The van der Waals surface area contributed by atoms with Gasteiger partial charge in [0, 0.05) is 11.8 Å². The van der Waals surface area contributed by atoms with Crippen LogP contribution in [0.25, 0.3) is 0 Å². The number of carbonyl (C=O) groups is 1. The summed E-state index contributed by atoms with van der Waals surface area (Å²) < 4.78 is 0.290. The number of nitrogens with one attached hydrogen (secondary N) is 1. The van der Waals surface area contributed by atoms with Crippen molar-refractivity contribution in [3.05, 3.63) is 68.7 Å². The van der Waals surface area contributed by atoms with Gasteiger partial charge in [0.25, 0.3) is 5.69 Å². The Morgan fingerprint density at radius 3 is 2.48 bits per heavy atom. The first-order valence-corrected chi connectivity index (χ1v) is 6.83. The van der Waals surface area contributed by atoms with E-state index in [0.29, 0.717) is 15.7 Å². The lowest BCUT2D eigenvalue weighted by atomic mass is 10.1. The molecule has 0 radical (unpaired) electrons. The maximum atomic E-state index is 12.1. The fraction of sp³-hybridized carbons (Fsp3) is 0.0714. The summed E-state index contributed by atoms with van der Waals surface area (Å²) in [6.07, 6.45) is 0. The Morgan fingerprint density at radius 2 is 1.90 bits per heavy atom. The number of nitro groups is 1. The average Bonchev–Trinajstić information content (AvgIpc) is 2.47. The normalized spacial score (nSPS) is 11.7. The SMILES string of the molecule is N[C@H](C(=O)Nc1ccc([N+](=O)[O-])c(Br)c1)c1ccccc1. The minimum absolute atomic E-state index is 0.0691. The lowest BCUT2D eigenvalue weighted by Crippen LogP contribution is -2.27. The number of amides is 1. The fourth-order valence-electron chi connectivity index (χ4n) is 1.76. The van der Waals surface area contributed by atoms with Gasteiger partial charge in [-0.3, -0.25) is 14.9 Å². The number of halogens is 1. The maximum Gasteiger partial charge on any atom is 0.283 e. The van der Waals surface area contributed by atoms with Gasteiger partial charge < -0.3 is 11.1 Å². The van der Waals surface area contributed by atoms with Gasteiger partial charge in [0.2, 0.25) is 5.91 Å². The number of hydrogen-bond donors (Lipinski definition) is 2. The Hall–Kier alpha value is -2.25. The molecule has 2 aromatic carbocycles. The number of nitrogens with two attached hydrogens (primary N) is 1. The summed E-state index contributed by atoms with van der Waals surface area (Å²) in [6.45, 7) is 0. The van der Waals surface area contributed by atoms with Crippen molar-refractivity contribution >= 4 is 33.2 Å². The molecule has 0 aliphatic heterocycles. The van der Waals surface area contributed by atoms with Crippen LogP contribution < -0.4 is 11.1 Å². The Balaban J connectivity index is 2.13. The van der Waals surface area contributed by atoms with Crippen LogP contribution in [-0.4, -0.2) is 10.8 Å². The summed E-state index contributed by atoms with van der Waals surface area (Å²) in [4.78, 5) is 22.3. The second-order valence-corrected chi connectivity index (χ2v) is 5.16. The predicted octanol–water partition coefficient (Wildman–Crippen LogP) is 3.00. The van der Waals surface area contributed by atoms with Crippen LogP contribution in [0, 0.1) is 10.1 Å². The predicted molar refractivity (Wildman–Crippen MR) is 82.8 cm³/mol. The quantitative estimate of drug-likeness (QED) is 0.654. The largest absolute Gasteiger partial charge is 0.324 e. The summed E-state index contributed by atoms with van der Waals surface area (Å²) in [6, 6.07) is 12.4. The van der Waals surface area contributed by atoms with Crippen LogP contribution in [0.1, 0.15) is 11.6 Å². The van der Waals surface area contributed by atoms with Crippen molar-refractivity contribution in [1.82, 2.24) is 0 Å². The molecule has 3 N–H and O–H groups in total. The highest BCUT2D eigenvalue weighted by molar-refractivity contribution is 9.10. The summed E-state index contributed by atoms with van der Waals surface area (Å²) in [5.74, 6) is -0.387. The highest BCUT2D eigenvalue weighted by Gasteiger charge is 2.17. The summed E-state index contributed by atoms with van der Waals surface area (Å²) in [5, 5.41) is 13.3. The number of benzene rings is 2. The number of anilines is 1. The minimum Gasteiger partial charge on any atom is -0.324 e. The van der Waals surface area contributed by atoms with Crippen molar-refractivity contribution in [2.45, 2.75) is 6.04 Å². The lowest BCUT2D eigenvalue weighted by molar-refractivity contribution is -0.385. The lowest BCUT2D eigenvalue weighted by Gasteiger charge is -2.12. The highest BCUT2D eigenvalue weighted by atomic mass is 79.9. The van der Waals surface area contributed by atoms with E-state index in [9.17, 15) is 14.9 Å². The van der Waals surface area contributed by atoms with Crippen molar-refractivity contribution in [3.8, 4) is 0 Å². The Labute approximate surface area is 129 Å². The number of carbonyl (C=O) groups excluding carboxylic acids is 1. The average molecular weight is 350 g/mol. The third kappa shape index (κ3) is 3.65. The van der Waals surface area contributed by atoms with Gasteiger partial charge in [-0.2, -0.15) is 0 Å². The number of nitrogens with zero attached hydrogens (tertiary/aromatic N) is 1. The van der Waals surface area contributed by atoms with Crippen LogP contribution in [0.2, 0.25) is 0 Å². The van der Waals surface area contributed by atoms with Gasteiger partial charge in [-0.25, -0.2) is 0 Å². The van der Waals surface area contributed by atoms with E-state index in [2.05, 4.69) is 21.2 Å². The molecule has 0 aromatic heterocycles. The second-order valence-electron chi connectivity index (χ2n) is 4.30. The molecule has 1 amide bonds. The van der Waals surface area contributed by atoms with Crippen LogP contribution in [0.3, 0.4) is 0 Å². The molecule has 2 aromatic rings. The van der Waals surface area contributed by atoms with E-state index in [0.717, 1.165) is 0 Å². The van der Waals surface area contributed by atoms with Gasteiger partial charge >= 0.3 is 0 Å². The molecule has 0 bridgehead atoms. The van der Waals surface area contributed by atoms with E-state index in [1.807, 2.05) is 6.07 Å². The Morgan fingerprint density at radius 1 is 1.24 bits per heavy atom. The molecule has 108 valence electrons. The van der Waals surface area contributed by atoms with Crippen molar-refractivity contribution < 1.29 is 9.72 Å². The van der Waals surface area contributed by atoms with Gasteiger partial charge in [-0.05, 0) is 33.6 Å². The molecular formula is C14H12BrN3O3. The third-order valence-corrected chi connectivity index (χ3v) is 3.49. The fourth-order valence-corrected chi connectivity index (χ4v) is 2.29. The Bertz CT molecular complexity index is 676. The molecular weight excluding hydrogens is 338 g/mol. The topological polar surface area (TPSA) is 98.3 Å². The molecule has 0 saturated heterocycles. The summed E-state index contributed by atoms with van der Waals surface area (Å²) >= 11 is 3.10. The number of hydrogen-bond acceptors (Lipinski definition) is 4. The molecule has 2 rings (SSSR count). The van der Waals surface area contributed by atoms with Crippen molar-refractivity contribution in [1.29, 1.82) is 0 Å². The van der Waals surface area contributed by atoms with E-state index in [1.165, 1.54) is 18.2 Å². The van der Waals surface area contributed by atoms with Crippen molar-refractivity contribution in [2.24, 2.45) is 5.73 Å². The van der Waals surface area contributed by atoms with E-state index in [4.69, 9.17) is 5.73 Å². The van der Waals surface area contributed by atoms with Crippen LogP contribution in [0.15, 0.2) is 53.0 Å². The third-order valence-electron chi connectivity index (χ3n) is 2.85. The Kier molecular flexibility index (Phi) is 4.66. The highest BCUT2D eigenvalue weighted by Crippen LogP contribution is 2.28. The van der Waals surface area contributed by atoms with Gasteiger partial charge in [0.1, 0.15) is 6.04 Å². The van der Waals surface area contributed by atoms with Crippen molar-refractivity contribution in [3.63, 3.8) is 0 Å². The van der Waals surface area contributed by atoms with Crippen LogP contribution in [0.4, 0.5) is 11.4 Å². The van der Waals surface area contributed by atoms with E-state index < -0.39 is 11.0 Å². The molecule has 0 saturated carbocycles. The second kappa shape index (κ2) is 6.47. The minimum atomic E-state index is -0.805. The van der Waals surface area contributed by atoms with Gasteiger partial charge in [0.05, 0.1) is 9.40 Å². The van der Waals surface area contributed by atoms with Gasteiger partial charge in [-0.1, -0.05) is 30.3 Å². The van der Waals surface area contributed by atoms with Crippen molar-refractivity contribution in [2.75, 3.05) is 5.32 Å². The van der Waals surface area contributed by atoms with E-state index in [1.54, 1.807) is 24.3 Å². The monoisotopic (exact) mass is 349 g/mol. The number of rotatable bonds is 4. The maximum absolute atomic E-state index is 12.1. The zero-order valence-electron chi connectivity index (χ0n) is 10.8. The molecule has 0 aliphatic rings.